The molecule has 0 saturated carbocycles. The maximum absolute atomic E-state index is 11.4. The Labute approximate surface area is 170 Å². The minimum Gasteiger partial charge on any atom is -0.478 e. The van der Waals surface area contributed by atoms with Crippen LogP contribution in [0.4, 0.5) is 5.69 Å². The van der Waals surface area contributed by atoms with Gasteiger partial charge in [0.25, 0.3) is 0 Å². The van der Waals surface area contributed by atoms with Crippen LogP contribution in [-0.2, 0) is 6.42 Å². The van der Waals surface area contributed by atoms with Gasteiger partial charge < -0.3 is 26.6 Å². The summed E-state index contributed by atoms with van der Waals surface area (Å²) >= 11 is 0. The Balaban J connectivity index is 1.79. The maximum atomic E-state index is 11.4. The third kappa shape index (κ3) is 6.89. The number of hydrogen-bond donors (Lipinski definition) is 5. The first-order valence-corrected chi connectivity index (χ1v) is 9.81. The Morgan fingerprint density at radius 3 is 2.45 bits per heavy atom. The van der Waals surface area contributed by atoms with E-state index in [4.69, 9.17) is 5.73 Å². The summed E-state index contributed by atoms with van der Waals surface area (Å²) in [5.41, 5.74) is 8.02. The molecule has 2 aromatic rings. The van der Waals surface area contributed by atoms with Crippen LogP contribution in [0.5, 0.6) is 0 Å². The lowest BCUT2D eigenvalue weighted by atomic mass is 9.99. The highest BCUT2D eigenvalue weighted by Crippen LogP contribution is 2.17. The number of rotatable bonds is 12. The molecule has 1 unspecified atom stereocenters. The first-order chi connectivity index (χ1) is 13.9. The van der Waals surface area contributed by atoms with Crippen molar-refractivity contribution in [3.63, 3.8) is 0 Å². The number of nitrogens with two attached hydrogens (primary N) is 1. The number of aryl methyl sites for hydroxylation is 1. The number of nitrogens with one attached hydrogen (secondary N) is 2. The zero-order valence-corrected chi connectivity index (χ0v) is 16.6. The van der Waals surface area contributed by atoms with E-state index >= 15 is 0 Å². The van der Waals surface area contributed by atoms with Crippen LogP contribution in [0.15, 0.2) is 42.5 Å². The lowest BCUT2D eigenvalue weighted by molar-refractivity contribution is 0.0695. The molecule has 0 bridgehead atoms. The fraction of sp³-hybridized carbons (Fsp3) is 0.364. The van der Waals surface area contributed by atoms with Crippen molar-refractivity contribution in [2.24, 2.45) is 5.73 Å². The number of aliphatic hydroxyl groups excluding tert-OH is 1. The first-order valence-electron chi connectivity index (χ1n) is 9.81. The van der Waals surface area contributed by atoms with Crippen molar-refractivity contribution in [1.29, 1.82) is 0 Å². The number of anilines is 1. The molecule has 0 radical (unpaired) electrons. The molecule has 6 N–H and O–H groups in total. The summed E-state index contributed by atoms with van der Waals surface area (Å²) in [6.45, 7) is 4.06. The molecule has 1 atom stereocenters. The highest BCUT2D eigenvalue weighted by Gasteiger charge is 2.13. The molecule has 29 heavy (non-hydrogen) atoms. The second kappa shape index (κ2) is 11.2. The highest BCUT2D eigenvalue weighted by molar-refractivity contribution is 5.97. The van der Waals surface area contributed by atoms with Gasteiger partial charge in [-0.3, -0.25) is 4.79 Å². The van der Waals surface area contributed by atoms with Gasteiger partial charge in [0.1, 0.15) is 0 Å². The number of primary amides is 1. The molecule has 2 rings (SSSR count). The van der Waals surface area contributed by atoms with Gasteiger partial charge in [-0.25, -0.2) is 4.79 Å². The number of amides is 1. The second-order valence-corrected chi connectivity index (χ2v) is 6.91. The Hall–Kier alpha value is -2.90. The maximum Gasteiger partial charge on any atom is 0.335 e. The van der Waals surface area contributed by atoms with Crippen LogP contribution in [0, 0.1) is 0 Å². The molecule has 156 valence electrons. The number of carboxylic acid groups (broad SMARTS) is 1. The summed E-state index contributed by atoms with van der Waals surface area (Å²) in [7, 11) is 0. The summed E-state index contributed by atoms with van der Waals surface area (Å²) in [4.78, 5) is 22.6. The number of aromatic carboxylic acids is 1. The summed E-state index contributed by atoms with van der Waals surface area (Å²) in [5, 5.41) is 26.1. The zero-order valence-electron chi connectivity index (χ0n) is 16.6. The normalized spacial score (nSPS) is 11.8. The lowest BCUT2D eigenvalue weighted by Gasteiger charge is -2.14. The van der Waals surface area contributed by atoms with E-state index in [1.54, 1.807) is 12.1 Å². The quantitative estimate of drug-likeness (QED) is 0.349. The van der Waals surface area contributed by atoms with E-state index in [0.717, 1.165) is 24.2 Å². The van der Waals surface area contributed by atoms with Crippen molar-refractivity contribution in [2.75, 3.05) is 25.0 Å². The van der Waals surface area contributed by atoms with Gasteiger partial charge in [0.2, 0.25) is 5.91 Å². The largest absolute Gasteiger partial charge is 0.478 e. The Morgan fingerprint density at radius 2 is 1.83 bits per heavy atom. The minimum atomic E-state index is -1.08. The van der Waals surface area contributed by atoms with Crippen LogP contribution in [0.2, 0.25) is 0 Å². The molecule has 0 aliphatic carbocycles. The van der Waals surface area contributed by atoms with Crippen molar-refractivity contribution in [1.82, 2.24) is 5.32 Å². The van der Waals surface area contributed by atoms with Gasteiger partial charge >= 0.3 is 5.97 Å². The Bertz CT molecular complexity index is 821. The molecule has 0 saturated heterocycles. The third-order valence-electron chi connectivity index (χ3n) is 4.64. The predicted octanol–water partition coefficient (Wildman–Crippen LogP) is 2.56. The summed E-state index contributed by atoms with van der Waals surface area (Å²) < 4.78 is 0. The number of carboxylic acids is 1. The van der Waals surface area contributed by atoms with E-state index in [1.807, 2.05) is 24.3 Å². The molecular weight excluding hydrogens is 370 g/mol. The van der Waals surface area contributed by atoms with Gasteiger partial charge in [0.15, 0.2) is 0 Å². The van der Waals surface area contributed by atoms with Crippen LogP contribution >= 0.6 is 0 Å². The summed E-state index contributed by atoms with van der Waals surface area (Å²) in [6.07, 6.45) is 1.68. The van der Waals surface area contributed by atoms with Crippen molar-refractivity contribution >= 4 is 17.6 Å². The van der Waals surface area contributed by atoms with E-state index in [1.165, 1.54) is 6.07 Å². The van der Waals surface area contributed by atoms with Gasteiger partial charge in [0, 0.05) is 24.3 Å². The average molecular weight is 399 g/mol. The summed E-state index contributed by atoms with van der Waals surface area (Å²) in [6, 6.07) is 12.2. The van der Waals surface area contributed by atoms with E-state index in [2.05, 4.69) is 17.6 Å². The molecule has 0 spiro atoms. The van der Waals surface area contributed by atoms with Crippen LogP contribution < -0.4 is 16.4 Å². The molecule has 0 fully saturated rings. The molecular formula is C22H29N3O4. The third-order valence-corrected chi connectivity index (χ3v) is 4.64. The van der Waals surface area contributed by atoms with Crippen molar-refractivity contribution < 1.29 is 19.8 Å². The molecule has 1 amide bonds. The first kappa shape index (κ1) is 22.4. The average Bonchev–Trinajstić information content (AvgIpc) is 2.72. The lowest BCUT2D eigenvalue weighted by Crippen LogP contribution is -2.23. The van der Waals surface area contributed by atoms with Gasteiger partial charge in [-0.1, -0.05) is 25.1 Å². The van der Waals surface area contributed by atoms with Crippen molar-refractivity contribution in [3.05, 3.63) is 64.7 Å². The highest BCUT2D eigenvalue weighted by atomic mass is 16.4. The molecule has 7 heteroatoms. The van der Waals surface area contributed by atoms with Crippen molar-refractivity contribution in [2.45, 2.75) is 32.3 Å². The van der Waals surface area contributed by atoms with Gasteiger partial charge in [-0.15, -0.1) is 0 Å². The number of carbonyl (C=O) groups excluding carboxylic acids is 1. The second-order valence-electron chi connectivity index (χ2n) is 6.91. The van der Waals surface area contributed by atoms with Gasteiger partial charge in [-0.2, -0.15) is 0 Å². The van der Waals surface area contributed by atoms with Crippen LogP contribution in [-0.4, -0.2) is 41.7 Å². The topological polar surface area (TPSA) is 125 Å². The zero-order chi connectivity index (χ0) is 21.2. The number of aliphatic hydroxyl groups is 1. The van der Waals surface area contributed by atoms with Crippen molar-refractivity contribution in [3.8, 4) is 0 Å². The van der Waals surface area contributed by atoms with Gasteiger partial charge in [0.05, 0.1) is 11.7 Å². The molecule has 0 aliphatic heterocycles. The number of hydrogen-bond acceptors (Lipinski definition) is 5. The van der Waals surface area contributed by atoms with Crippen LogP contribution in [0.3, 0.4) is 0 Å². The van der Waals surface area contributed by atoms with Gasteiger partial charge in [-0.05, 0) is 61.2 Å². The van der Waals surface area contributed by atoms with Crippen LogP contribution in [0.1, 0.15) is 57.7 Å². The molecule has 0 aromatic heterocycles. The SMILES string of the molecule is CCCNc1ccc(C(O)CNCCCc2ccc(C(N)=O)cc2C(=O)O)cc1. The van der Waals surface area contributed by atoms with E-state index in [-0.39, 0.29) is 11.1 Å². The smallest absolute Gasteiger partial charge is 0.335 e. The molecule has 7 nitrogen and oxygen atoms in total. The molecule has 0 aliphatic rings. The summed E-state index contributed by atoms with van der Waals surface area (Å²) in [5.74, 6) is -1.73. The Morgan fingerprint density at radius 1 is 1.10 bits per heavy atom. The standard InChI is InChI=1S/C22H29N3O4/c1-2-11-25-18-9-7-16(8-10-18)20(26)14-24-12-3-4-15-5-6-17(21(23)27)13-19(15)22(28)29/h5-10,13,20,24-26H,2-4,11-12,14H2,1H3,(H2,23,27)(H,28,29). The molecule has 2 aromatic carbocycles. The number of carbonyl (C=O) groups is 2. The minimum absolute atomic E-state index is 0.0955. The molecule has 0 heterocycles. The van der Waals surface area contributed by atoms with E-state index in [0.29, 0.717) is 31.5 Å². The fourth-order valence-corrected chi connectivity index (χ4v) is 3.00. The van der Waals surface area contributed by atoms with Crippen LogP contribution in [0.25, 0.3) is 0 Å². The predicted molar refractivity (Wildman–Crippen MR) is 113 cm³/mol. The number of benzene rings is 2. The fourth-order valence-electron chi connectivity index (χ4n) is 3.00. The Kier molecular flexibility index (Phi) is 8.64. The monoisotopic (exact) mass is 399 g/mol. The van der Waals surface area contributed by atoms with E-state index in [9.17, 15) is 19.8 Å². The van der Waals surface area contributed by atoms with E-state index < -0.39 is 18.0 Å².